The van der Waals surface area contributed by atoms with Crippen molar-refractivity contribution in [1.29, 1.82) is 0 Å². The Balaban J connectivity index is 1.85. The number of nitrogens with one attached hydrogen (secondary N) is 1. The van der Waals surface area contributed by atoms with Crippen molar-refractivity contribution in [2.24, 2.45) is 0 Å². The minimum Gasteiger partial charge on any atom is -0.423 e. The third-order valence-electron chi connectivity index (χ3n) is 5.61. The molecule has 10 heteroatoms. The number of likely N-dealkylation sites (N-methyl/N-ethyl adjacent to an activating group) is 1. The van der Waals surface area contributed by atoms with E-state index in [-0.39, 0.29) is 17.1 Å². The fraction of sp³-hybridized carbons (Fsp3) is 0.500. The highest BCUT2D eigenvalue weighted by Gasteiger charge is 2.51. The fourth-order valence-corrected chi connectivity index (χ4v) is 4.32. The molecule has 2 atom stereocenters. The van der Waals surface area contributed by atoms with Crippen LogP contribution in [0.1, 0.15) is 31.7 Å². The van der Waals surface area contributed by atoms with E-state index >= 15 is 0 Å². The van der Waals surface area contributed by atoms with E-state index in [2.05, 4.69) is 15.3 Å². The molecule has 0 amide bonds. The van der Waals surface area contributed by atoms with Crippen molar-refractivity contribution in [1.82, 2.24) is 15.3 Å². The summed E-state index contributed by atoms with van der Waals surface area (Å²) in [5, 5.41) is 15.8. The highest BCUT2D eigenvalue weighted by Crippen LogP contribution is 2.43. The van der Waals surface area contributed by atoms with Crippen LogP contribution >= 0.6 is 11.3 Å². The van der Waals surface area contributed by atoms with Crippen LogP contribution in [0.4, 0.5) is 19.2 Å². The monoisotopic (exact) mass is 440 g/mol. The standard InChI is InChI=1S/C20H23F3N4O2S/c1-19(28,20(21,22)23)12-9-14(17-25-6-8-30-17)16-15(10-12)26-18(29-16)27-7-4-3-5-13(11-27)24-2/h6,8-10,13,24,28H,3-5,7,11H2,1-2H3. The Bertz CT molecular complexity index is 1020. The van der Waals surface area contributed by atoms with E-state index in [9.17, 15) is 18.3 Å². The number of hydrogen-bond acceptors (Lipinski definition) is 7. The number of halogens is 3. The molecule has 0 saturated carbocycles. The molecule has 1 aliphatic heterocycles. The Morgan fingerprint density at radius 3 is 2.77 bits per heavy atom. The minimum atomic E-state index is -4.84. The summed E-state index contributed by atoms with van der Waals surface area (Å²) in [5.41, 5.74) is -2.29. The van der Waals surface area contributed by atoms with Gasteiger partial charge in [0.2, 0.25) is 0 Å². The van der Waals surface area contributed by atoms with E-state index in [1.54, 1.807) is 11.6 Å². The molecule has 1 aliphatic rings. The minimum absolute atomic E-state index is 0.266. The first-order valence-electron chi connectivity index (χ1n) is 9.77. The Kier molecular flexibility index (Phi) is 5.50. The summed E-state index contributed by atoms with van der Waals surface area (Å²) >= 11 is 1.28. The molecule has 3 aromatic rings. The lowest BCUT2D eigenvalue weighted by molar-refractivity contribution is -0.258. The second kappa shape index (κ2) is 7.82. The highest BCUT2D eigenvalue weighted by atomic mass is 32.1. The van der Waals surface area contributed by atoms with Gasteiger partial charge in [0.05, 0.1) is 5.56 Å². The number of oxazole rings is 1. The number of fused-ring (bicyclic) bond motifs is 1. The summed E-state index contributed by atoms with van der Waals surface area (Å²) < 4.78 is 46.5. The summed E-state index contributed by atoms with van der Waals surface area (Å²) in [4.78, 5) is 10.7. The van der Waals surface area contributed by atoms with Crippen LogP contribution in [0.5, 0.6) is 0 Å². The number of thiazole rings is 1. The largest absolute Gasteiger partial charge is 0.423 e. The van der Waals surface area contributed by atoms with Gasteiger partial charge in [0.25, 0.3) is 6.01 Å². The predicted octanol–water partition coefficient (Wildman–Crippen LogP) is 4.30. The fourth-order valence-electron chi connectivity index (χ4n) is 3.67. The molecule has 2 N–H and O–H groups in total. The summed E-state index contributed by atoms with van der Waals surface area (Å²) in [7, 11) is 1.91. The van der Waals surface area contributed by atoms with E-state index in [1.807, 2.05) is 11.9 Å². The Labute approximate surface area is 175 Å². The summed E-state index contributed by atoms with van der Waals surface area (Å²) in [6, 6.07) is 3.19. The number of nitrogens with zero attached hydrogens (tertiary/aromatic N) is 3. The van der Waals surface area contributed by atoms with Gasteiger partial charge >= 0.3 is 6.18 Å². The lowest BCUT2D eigenvalue weighted by Gasteiger charge is -2.26. The maximum atomic E-state index is 13.5. The van der Waals surface area contributed by atoms with Crippen molar-refractivity contribution in [3.63, 3.8) is 0 Å². The van der Waals surface area contributed by atoms with Crippen molar-refractivity contribution in [2.75, 3.05) is 25.0 Å². The SMILES string of the molecule is CNC1CCCCN(c2nc3cc(C(C)(O)C(F)(F)F)cc(-c4nccs4)c3o2)C1. The topological polar surface area (TPSA) is 74.4 Å². The van der Waals surface area contributed by atoms with Crippen LogP contribution in [-0.4, -0.2) is 47.4 Å². The third kappa shape index (κ3) is 3.79. The summed E-state index contributed by atoms with van der Waals surface area (Å²) in [6.45, 7) is 2.20. The van der Waals surface area contributed by atoms with Gasteiger partial charge in [-0.25, -0.2) is 4.98 Å². The number of anilines is 1. The van der Waals surface area contributed by atoms with Gasteiger partial charge in [-0.3, -0.25) is 0 Å². The van der Waals surface area contributed by atoms with Gasteiger partial charge < -0.3 is 19.7 Å². The molecule has 162 valence electrons. The Hall–Kier alpha value is -2.17. The second-order valence-electron chi connectivity index (χ2n) is 7.70. The number of rotatable bonds is 4. The average molecular weight is 440 g/mol. The number of hydrogen-bond donors (Lipinski definition) is 2. The maximum Gasteiger partial charge on any atom is 0.421 e. The van der Waals surface area contributed by atoms with E-state index in [0.717, 1.165) is 32.7 Å². The van der Waals surface area contributed by atoms with Gasteiger partial charge in [-0.05, 0) is 44.5 Å². The maximum absolute atomic E-state index is 13.5. The van der Waals surface area contributed by atoms with Crippen LogP contribution < -0.4 is 10.2 Å². The molecule has 0 spiro atoms. The molecule has 6 nitrogen and oxygen atoms in total. The number of alkyl halides is 3. The number of aliphatic hydroxyl groups is 1. The second-order valence-corrected chi connectivity index (χ2v) is 8.60. The molecule has 3 heterocycles. The molecule has 2 unspecified atom stereocenters. The zero-order valence-corrected chi connectivity index (χ0v) is 17.5. The first-order chi connectivity index (χ1) is 14.2. The molecular weight excluding hydrogens is 417 g/mol. The molecular formula is C20H23F3N4O2S. The normalized spacial score (nSPS) is 20.3. The van der Waals surface area contributed by atoms with E-state index < -0.39 is 11.8 Å². The van der Waals surface area contributed by atoms with Gasteiger partial charge in [-0.2, -0.15) is 18.2 Å². The number of aromatic nitrogens is 2. The van der Waals surface area contributed by atoms with Gasteiger partial charge in [-0.15, -0.1) is 11.3 Å². The summed E-state index contributed by atoms with van der Waals surface area (Å²) in [6.07, 6.45) is -0.173. The van der Waals surface area contributed by atoms with E-state index in [1.165, 1.54) is 23.5 Å². The van der Waals surface area contributed by atoms with Gasteiger partial charge in [0.1, 0.15) is 10.5 Å². The Morgan fingerprint density at radius 2 is 2.10 bits per heavy atom. The van der Waals surface area contributed by atoms with Crippen LogP contribution in [0.25, 0.3) is 21.7 Å². The lowest BCUT2D eigenvalue weighted by Crippen LogP contribution is -2.39. The van der Waals surface area contributed by atoms with Crippen LogP contribution in [0.3, 0.4) is 0 Å². The van der Waals surface area contributed by atoms with Crippen molar-refractivity contribution in [3.8, 4) is 10.6 Å². The Morgan fingerprint density at radius 1 is 1.30 bits per heavy atom. The van der Waals surface area contributed by atoms with Crippen molar-refractivity contribution < 1.29 is 22.7 Å². The van der Waals surface area contributed by atoms with Crippen LogP contribution in [0.2, 0.25) is 0 Å². The predicted molar refractivity (Wildman–Crippen MR) is 110 cm³/mol. The van der Waals surface area contributed by atoms with Gasteiger partial charge in [-0.1, -0.05) is 6.42 Å². The zero-order chi connectivity index (χ0) is 21.5. The molecule has 4 rings (SSSR count). The van der Waals surface area contributed by atoms with E-state index in [0.29, 0.717) is 28.7 Å². The summed E-state index contributed by atoms with van der Waals surface area (Å²) in [5.74, 6) is 0. The molecule has 30 heavy (non-hydrogen) atoms. The molecule has 0 aliphatic carbocycles. The lowest BCUT2D eigenvalue weighted by atomic mass is 9.93. The van der Waals surface area contributed by atoms with Gasteiger partial charge in [0, 0.05) is 30.7 Å². The highest BCUT2D eigenvalue weighted by molar-refractivity contribution is 7.13. The van der Waals surface area contributed by atoms with Crippen LogP contribution in [-0.2, 0) is 5.60 Å². The quantitative estimate of drug-likeness (QED) is 0.630. The molecule has 1 aromatic carbocycles. The molecule has 0 radical (unpaired) electrons. The smallest absolute Gasteiger partial charge is 0.421 e. The van der Waals surface area contributed by atoms with Crippen molar-refractivity contribution in [2.45, 2.75) is 44.0 Å². The average Bonchev–Trinajstić information content (AvgIpc) is 3.31. The molecule has 1 saturated heterocycles. The van der Waals surface area contributed by atoms with Crippen molar-refractivity contribution in [3.05, 3.63) is 29.3 Å². The number of benzene rings is 1. The first kappa shape index (κ1) is 21.1. The third-order valence-corrected chi connectivity index (χ3v) is 6.41. The first-order valence-corrected chi connectivity index (χ1v) is 10.6. The molecule has 2 aromatic heterocycles. The molecule has 1 fully saturated rings. The van der Waals surface area contributed by atoms with Crippen LogP contribution in [0.15, 0.2) is 28.1 Å². The van der Waals surface area contributed by atoms with Gasteiger partial charge in [0.15, 0.2) is 11.2 Å². The van der Waals surface area contributed by atoms with Crippen molar-refractivity contribution >= 4 is 28.5 Å². The van der Waals surface area contributed by atoms with E-state index in [4.69, 9.17) is 4.42 Å². The van der Waals surface area contributed by atoms with Crippen LogP contribution in [0, 0.1) is 0 Å². The molecule has 0 bridgehead atoms. The zero-order valence-electron chi connectivity index (χ0n) is 16.7.